The molecule has 1 atom stereocenters. The molecule has 0 aliphatic rings. The molecule has 0 bridgehead atoms. The van der Waals surface area contributed by atoms with Crippen LogP contribution in [0.25, 0.3) is 22.6 Å². The highest BCUT2D eigenvalue weighted by Gasteiger charge is 2.20. The molecule has 216 valence electrons. The fourth-order valence-electron chi connectivity index (χ4n) is 4.21. The predicted molar refractivity (Wildman–Crippen MR) is 167 cm³/mol. The van der Waals surface area contributed by atoms with Gasteiger partial charge in [0.25, 0.3) is 5.91 Å². The molecule has 10 heteroatoms. The number of halogens is 1. The first-order valence-corrected chi connectivity index (χ1v) is 14.5. The molecular formula is C31H34ClN3O5S. The average Bonchev–Trinajstić information content (AvgIpc) is 3.39. The highest BCUT2D eigenvalue weighted by molar-refractivity contribution is 7.80. The third kappa shape index (κ3) is 7.10. The minimum Gasteiger partial charge on any atom is -0.490 e. The summed E-state index contributed by atoms with van der Waals surface area (Å²) in [7, 11) is 0. The number of carbonyl (C=O) groups excluding carboxylic acids is 1. The largest absolute Gasteiger partial charge is 0.490 e. The third-order valence-corrected chi connectivity index (χ3v) is 6.99. The van der Waals surface area contributed by atoms with E-state index in [1.807, 2.05) is 32.9 Å². The van der Waals surface area contributed by atoms with Gasteiger partial charge in [-0.3, -0.25) is 10.1 Å². The molecule has 0 fully saturated rings. The van der Waals surface area contributed by atoms with E-state index < -0.39 is 5.91 Å². The van der Waals surface area contributed by atoms with Crippen LogP contribution in [0, 0.1) is 0 Å². The lowest BCUT2D eigenvalue weighted by molar-refractivity contribution is 0.0976. The number of nitrogens with one attached hydrogen (secondary N) is 2. The molecule has 41 heavy (non-hydrogen) atoms. The predicted octanol–water partition coefficient (Wildman–Crippen LogP) is 7.98. The Labute approximate surface area is 250 Å². The van der Waals surface area contributed by atoms with Crippen LogP contribution in [0.5, 0.6) is 17.2 Å². The monoisotopic (exact) mass is 595 g/mol. The Bertz CT molecular complexity index is 1530. The Hall–Kier alpha value is -3.82. The van der Waals surface area contributed by atoms with E-state index in [0.29, 0.717) is 76.3 Å². The molecule has 1 heterocycles. The van der Waals surface area contributed by atoms with Gasteiger partial charge in [0.1, 0.15) is 5.52 Å². The maximum absolute atomic E-state index is 13.1. The standard InChI is InChI=1S/C31H34ClN3O5S/c1-6-18(5)19-11-13-25-24(14-19)33-30(40-25)20-10-12-22(32)23(15-20)34-31(41)35-29(36)21-16-26(37-7-2)28(39-9-4)27(17-21)38-8-3/h10-18H,6-9H2,1-5H3,(H2,34,35,36,41). The van der Waals surface area contributed by atoms with E-state index in [0.717, 1.165) is 11.9 Å². The maximum Gasteiger partial charge on any atom is 0.257 e. The number of thiocarbonyl (C=S) groups is 1. The van der Waals surface area contributed by atoms with Gasteiger partial charge in [0.05, 0.1) is 30.5 Å². The van der Waals surface area contributed by atoms with Gasteiger partial charge in [0.2, 0.25) is 11.6 Å². The van der Waals surface area contributed by atoms with Crippen LogP contribution in [0.3, 0.4) is 0 Å². The second-order valence-corrected chi connectivity index (χ2v) is 10.1. The van der Waals surface area contributed by atoms with Crippen molar-refractivity contribution in [1.82, 2.24) is 10.3 Å². The van der Waals surface area contributed by atoms with Crippen molar-refractivity contribution in [3.63, 3.8) is 0 Å². The molecule has 0 saturated carbocycles. The summed E-state index contributed by atoms with van der Waals surface area (Å²) in [6, 6.07) is 14.6. The van der Waals surface area contributed by atoms with Gasteiger partial charge in [0.15, 0.2) is 22.2 Å². The topological polar surface area (TPSA) is 94.9 Å². The highest BCUT2D eigenvalue weighted by atomic mass is 35.5. The zero-order valence-corrected chi connectivity index (χ0v) is 25.4. The first-order chi connectivity index (χ1) is 19.8. The molecule has 0 saturated heterocycles. The Morgan fingerprint density at radius 3 is 2.29 bits per heavy atom. The quantitative estimate of drug-likeness (QED) is 0.168. The van der Waals surface area contributed by atoms with Crippen LogP contribution in [-0.4, -0.2) is 35.8 Å². The van der Waals surface area contributed by atoms with Crippen LogP contribution in [0.2, 0.25) is 5.02 Å². The van der Waals surface area contributed by atoms with Gasteiger partial charge in [0, 0.05) is 11.1 Å². The lowest BCUT2D eigenvalue weighted by Crippen LogP contribution is -2.34. The number of oxazole rings is 1. The number of anilines is 1. The summed E-state index contributed by atoms with van der Waals surface area (Å²) in [4.78, 5) is 17.8. The number of hydrogen-bond donors (Lipinski definition) is 2. The summed E-state index contributed by atoms with van der Waals surface area (Å²) >= 11 is 11.9. The number of fused-ring (bicyclic) bond motifs is 1. The Morgan fingerprint density at radius 2 is 1.66 bits per heavy atom. The van der Waals surface area contributed by atoms with Gasteiger partial charge in [-0.25, -0.2) is 4.98 Å². The molecule has 0 spiro atoms. The summed E-state index contributed by atoms with van der Waals surface area (Å²) in [5, 5.41) is 6.19. The average molecular weight is 596 g/mol. The molecule has 2 N–H and O–H groups in total. The number of nitrogens with zero attached hydrogens (tertiary/aromatic N) is 1. The molecule has 1 amide bonds. The minimum atomic E-state index is -0.448. The van der Waals surface area contributed by atoms with Crippen molar-refractivity contribution in [3.8, 4) is 28.7 Å². The molecule has 0 aliphatic carbocycles. The third-order valence-electron chi connectivity index (χ3n) is 6.45. The first kappa shape index (κ1) is 30.1. The normalized spacial score (nSPS) is 11.7. The van der Waals surface area contributed by atoms with E-state index in [4.69, 9.17) is 47.4 Å². The molecule has 4 rings (SSSR count). The van der Waals surface area contributed by atoms with E-state index in [1.165, 1.54) is 5.56 Å². The van der Waals surface area contributed by atoms with Gasteiger partial charge in [-0.05, 0) is 93.4 Å². The number of amides is 1. The molecule has 1 aromatic heterocycles. The van der Waals surface area contributed by atoms with Crippen LogP contribution in [0.15, 0.2) is 52.9 Å². The number of benzene rings is 3. The summed E-state index contributed by atoms with van der Waals surface area (Å²) in [5.74, 6) is 1.71. The summed E-state index contributed by atoms with van der Waals surface area (Å²) in [6.45, 7) is 11.1. The molecule has 8 nitrogen and oxygen atoms in total. The van der Waals surface area contributed by atoms with Crippen LogP contribution < -0.4 is 24.8 Å². The molecule has 1 unspecified atom stereocenters. The summed E-state index contributed by atoms with van der Waals surface area (Å²) < 4.78 is 23.2. The second kappa shape index (κ2) is 13.7. The van der Waals surface area contributed by atoms with Crippen molar-refractivity contribution < 1.29 is 23.4 Å². The zero-order valence-electron chi connectivity index (χ0n) is 23.8. The molecular weight excluding hydrogens is 562 g/mol. The van der Waals surface area contributed by atoms with Crippen molar-refractivity contribution in [1.29, 1.82) is 0 Å². The Balaban J connectivity index is 1.53. The highest BCUT2D eigenvalue weighted by Crippen LogP contribution is 2.39. The number of hydrogen-bond acceptors (Lipinski definition) is 7. The maximum atomic E-state index is 13.1. The summed E-state index contributed by atoms with van der Waals surface area (Å²) in [5.41, 5.74) is 4.21. The second-order valence-electron chi connectivity index (χ2n) is 9.26. The summed E-state index contributed by atoms with van der Waals surface area (Å²) in [6.07, 6.45) is 1.04. The van der Waals surface area contributed by atoms with Crippen LogP contribution in [0.1, 0.15) is 62.9 Å². The smallest absolute Gasteiger partial charge is 0.257 e. The zero-order chi connectivity index (χ0) is 29.5. The number of carbonyl (C=O) groups is 1. The van der Waals surface area contributed by atoms with E-state index >= 15 is 0 Å². The molecule has 0 aliphatic heterocycles. The van der Waals surface area contributed by atoms with Gasteiger partial charge >= 0.3 is 0 Å². The molecule has 4 aromatic rings. The fourth-order valence-corrected chi connectivity index (χ4v) is 4.58. The van der Waals surface area contributed by atoms with Crippen LogP contribution in [0.4, 0.5) is 5.69 Å². The van der Waals surface area contributed by atoms with E-state index in [1.54, 1.807) is 24.3 Å². The van der Waals surface area contributed by atoms with Crippen molar-refractivity contribution in [3.05, 3.63) is 64.7 Å². The van der Waals surface area contributed by atoms with Gasteiger partial charge in [-0.1, -0.05) is 31.5 Å². The van der Waals surface area contributed by atoms with Crippen molar-refractivity contribution in [2.45, 2.75) is 47.0 Å². The van der Waals surface area contributed by atoms with E-state index in [-0.39, 0.29) is 5.11 Å². The van der Waals surface area contributed by atoms with Crippen LogP contribution >= 0.6 is 23.8 Å². The SMILES string of the molecule is CCOc1cc(C(=O)NC(=S)Nc2cc(-c3nc4cc(C(C)CC)ccc4o3)ccc2Cl)cc(OCC)c1OCC. The van der Waals surface area contributed by atoms with Gasteiger partial charge in [-0.2, -0.15) is 0 Å². The fraction of sp³-hybridized carbons (Fsp3) is 0.323. The van der Waals surface area contributed by atoms with Crippen molar-refractivity contribution in [2.24, 2.45) is 0 Å². The lowest BCUT2D eigenvalue weighted by Gasteiger charge is -2.17. The first-order valence-electron chi connectivity index (χ1n) is 13.7. The van der Waals surface area contributed by atoms with Gasteiger partial charge < -0.3 is 23.9 Å². The number of ether oxygens (including phenoxy) is 3. The van der Waals surface area contributed by atoms with Crippen molar-refractivity contribution in [2.75, 3.05) is 25.1 Å². The minimum absolute atomic E-state index is 0.0645. The lowest BCUT2D eigenvalue weighted by atomic mass is 9.98. The number of rotatable bonds is 11. The molecule has 0 radical (unpaired) electrons. The van der Waals surface area contributed by atoms with Crippen LogP contribution in [-0.2, 0) is 0 Å². The van der Waals surface area contributed by atoms with Crippen molar-refractivity contribution >= 4 is 51.6 Å². The molecule has 3 aromatic carbocycles. The van der Waals surface area contributed by atoms with E-state index in [2.05, 4.69) is 36.6 Å². The van der Waals surface area contributed by atoms with E-state index in [9.17, 15) is 4.79 Å². The Kier molecular flexibility index (Phi) is 10.1. The number of aromatic nitrogens is 1. The Morgan fingerprint density at radius 1 is 0.976 bits per heavy atom. The van der Waals surface area contributed by atoms with Gasteiger partial charge in [-0.15, -0.1) is 0 Å².